The summed E-state index contributed by atoms with van der Waals surface area (Å²) in [5.74, 6) is -0.462. The molecule has 11 heavy (non-hydrogen) atoms. The first kappa shape index (κ1) is 6.22. The van der Waals surface area contributed by atoms with Crippen molar-refractivity contribution in [2.75, 3.05) is 0 Å². The topological polar surface area (TPSA) is 25.8 Å². The number of hydrogen-bond donors (Lipinski definition) is 0. The van der Waals surface area contributed by atoms with Crippen molar-refractivity contribution < 1.29 is 4.39 Å². The fraction of sp³-hybridized carbons (Fsp3) is 0. The van der Waals surface area contributed by atoms with Crippen molar-refractivity contribution in [3.05, 3.63) is 36.7 Å². The zero-order valence-electron chi connectivity index (χ0n) is 5.66. The average Bonchev–Trinajstić information content (AvgIpc) is 2.06. The first-order valence-corrected chi connectivity index (χ1v) is 3.22. The van der Waals surface area contributed by atoms with Gasteiger partial charge >= 0.3 is 0 Å². The molecule has 0 bridgehead atoms. The number of pyridine rings is 2. The molecule has 2 nitrogen and oxygen atoms in total. The summed E-state index contributed by atoms with van der Waals surface area (Å²) in [7, 11) is 0. The lowest BCUT2D eigenvalue weighted by Crippen LogP contribution is -1.84. The molecule has 0 aliphatic carbocycles. The van der Waals surface area contributed by atoms with Crippen LogP contribution in [0.15, 0.2) is 30.7 Å². The van der Waals surface area contributed by atoms with E-state index in [0.29, 0.717) is 5.39 Å². The molecular weight excluding hydrogens is 143 g/mol. The SMILES string of the molecule is Fc1nccc2ccncc12. The third kappa shape index (κ3) is 0.941. The Hall–Kier alpha value is -1.51. The molecule has 0 aliphatic heterocycles. The lowest BCUT2D eigenvalue weighted by molar-refractivity contribution is 0.596. The summed E-state index contributed by atoms with van der Waals surface area (Å²) in [5, 5.41) is 1.29. The summed E-state index contributed by atoms with van der Waals surface area (Å²) in [4.78, 5) is 7.29. The Morgan fingerprint density at radius 2 is 2.00 bits per heavy atom. The zero-order valence-corrected chi connectivity index (χ0v) is 5.66. The maximum absolute atomic E-state index is 12.8. The van der Waals surface area contributed by atoms with Gasteiger partial charge in [0.25, 0.3) is 0 Å². The van der Waals surface area contributed by atoms with Crippen LogP contribution in [0.25, 0.3) is 10.8 Å². The van der Waals surface area contributed by atoms with Crippen LogP contribution in [0.2, 0.25) is 0 Å². The highest BCUT2D eigenvalue weighted by molar-refractivity contribution is 5.80. The molecule has 0 fully saturated rings. The molecule has 2 heterocycles. The number of aromatic nitrogens is 2. The standard InChI is InChI=1S/C8H5FN2/c9-8-7-5-10-3-1-6(7)2-4-11-8/h1-5H. The normalized spacial score (nSPS) is 10.3. The molecule has 2 aromatic heterocycles. The van der Waals surface area contributed by atoms with Gasteiger partial charge in [-0.1, -0.05) is 0 Å². The second-order valence-electron chi connectivity index (χ2n) is 2.20. The van der Waals surface area contributed by atoms with E-state index < -0.39 is 5.95 Å². The van der Waals surface area contributed by atoms with Gasteiger partial charge in [-0.15, -0.1) is 0 Å². The summed E-state index contributed by atoms with van der Waals surface area (Å²) < 4.78 is 12.8. The van der Waals surface area contributed by atoms with Gasteiger partial charge in [0, 0.05) is 18.6 Å². The van der Waals surface area contributed by atoms with E-state index in [1.165, 1.54) is 12.4 Å². The van der Waals surface area contributed by atoms with Crippen LogP contribution in [0.1, 0.15) is 0 Å². The molecule has 0 aliphatic rings. The predicted molar refractivity (Wildman–Crippen MR) is 39.5 cm³/mol. The first-order valence-electron chi connectivity index (χ1n) is 3.22. The summed E-state index contributed by atoms with van der Waals surface area (Å²) in [5.41, 5.74) is 0. The Bertz CT molecular complexity index is 381. The van der Waals surface area contributed by atoms with Gasteiger partial charge in [0.05, 0.1) is 5.39 Å². The highest BCUT2D eigenvalue weighted by atomic mass is 19.1. The number of fused-ring (bicyclic) bond motifs is 1. The van der Waals surface area contributed by atoms with E-state index in [1.54, 1.807) is 18.3 Å². The minimum Gasteiger partial charge on any atom is -0.264 e. The maximum Gasteiger partial charge on any atom is 0.222 e. The Balaban J connectivity index is 2.91. The fourth-order valence-electron chi connectivity index (χ4n) is 0.975. The van der Waals surface area contributed by atoms with E-state index in [4.69, 9.17) is 0 Å². The van der Waals surface area contributed by atoms with Gasteiger partial charge in [-0.25, -0.2) is 4.98 Å². The minimum absolute atomic E-state index is 0.462. The monoisotopic (exact) mass is 148 g/mol. The van der Waals surface area contributed by atoms with Crippen LogP contribution < -0.4 is 0 Å². The first-order chi connectivity index (χ1) is 5.38. The van der Waals surface area contributed by atoms with E-state index in [-0.39, 0.29) is 0 Å². The number of halogens is 1. The summed E-state index contributed by atoms with van der Waals surface area (Å²) in [6, 6.07) is 3.50. The maximum atomic E-state index is 12.8. The van der Waals surface area contributed by atoms with Gasteiger partial charge in [0.15, 0.2) is 0 Å². The van der Waals surface area contributed by atoms with Crippen LogP contribution in [-0.2, 0) is 0 Å². The molecule has 0 N–H and O–H groups in total. The van der Waals surface area contributed by atoms with Gasteiger partial charge < -0.3 is 0 Å². The van der Waals surface area contributed by atoms with Crippen molar-refractivity contribution in [2.45, 2.75) is 0 Å². The molecule has 54 valence electrons. The summed E-state index contributed by atoms with van der Waals surface area (Å²) in [6.07, 6.45) is 4.54. The number of hydrogen-bond acceptors (Lipinski definition) is 2. The van der Waals surface area contributed by atoms with Gasteiger partial charge in [-0.3, -0.25) is 4.98 Å². The third-order valence-electron chi connectivity index (χ3n) is 1.52. The molecule has 0 amide bonds. The lowest BCUT2D eigenvalue weighted by Gasteiger charge is -1.94. The van der Waals surface area contributed by atoms with E-state index in [9.17, 15) is 4.39 Å². The highest BCUT2D eigenvalue weighted by Crippen LogP contribution is 2.12. The van der Waals surface area contributed by atoms with Gasteiger partial charge in [-0.2, -0.15) is 4.39 Å². The summed E-state index contributed by atoms with van der Waals surface area (Å²) in [6.45, 7) is 0. The Labute approximate surface area is 62.7 Å². The zero-order chi connectivity index (χ0) is 7.68. The molecule has 3 heteroatoms. The van der Waals surface area contributed by atoms with Crippen molar-refractivity contribution in [1.82, 2.24) is 9.97 Å². The van der Waals surface area contributed by atoms with Crippen molar-refractivity contribution in [1.29, 1.82) is 0 Å². The second-order valence-corrected chi connectivity index (χ2v) is 2.20. The van der Waals surface area contributed by atoms with Crippen LogP contribution in [0.5, 0.6) is 0 Å². The van der Waals surface area contributed by atoms with Crippen molar-refractivity contribution in [3.63, 3.8) is 0 Å². The molecule has 2 aromatic rings. The molecule has 0 unspecified atom stereocenters. The van der Waals surface area contributed by atoms with Crippen molar-refractivity contribution in [3.8, 4) is 0 Å². The Kier molecular flexibility index (Phi) is 1.28. The van der Waals surface area contributed by atoms with Crippen LogP contribution in [0, 0.1) is 5.95 Å². The molecule has 2 rings (SSSR count). The van der Waals surface area contributed by atoms with Crippen LogP contribution in [-0.4, -0.2) is 9.97 Å². The largest absolute Gasteiger partial charge is 0.264 e. The lowest BCUT2D eigenvalue weighted by atomic mass is 10.2. The van der Waals surface area contributed by atoms with Gasteiger partial charge in [0.2, 0.25) is 5.95 Å². The Morgan fingerprint density at radius 3 is 2.82 bits per heavy atom. The van der Waals surface area contributed by atoms with E-state index in [0.717, 1.165) is 5.39 Å². The van der Waals surface area contributed by atoms with Crippen molar-refractivity contribution in [2.24, 2.45) is 0 Å². The van der Waals surface area contributed by atoms with Crippen LogP contribution in [0.3, 0.4) is 0 Å². The number of nitrogens with zero attached hydrogens (tertiary/aromatic N) is 2. The quantitative estimate of drug-likeness (QED) is 0.532. The molecule has 0 saturated carbocycles. The van der Waals surface area contributed by atoms with E-state index in [1.807, 2.05) is 0 Å². The fourth-order valence-corrected chi connectivity index (χ4v) is 0.975. The van der Waals surface area contributed by atoms with Crippen LogP contribution >= 0.6 is 0 Å². The highest BCUT2D eigenvalue weighted by Gasteiger charge is 1.98. The minimum atomic E-state index is -0.462. The second kappa shape index (κ2) is 2.27. The predicted octanol–water partition coefficient (Wildman–Crippen LogP) is 1.77. The summed E-state index contributed by atoms with van der Waals surface area (Å²) >= 11 is 0. The van der Waals surface area contributed by atoms with Crippen LogP contribution in [0.4, 0.5) is 4.39 Å². The van der Waals surface area contributed by atoms with E-state index >= 15 is 0 Å². The average molecular weight is 148 g/mol. The third-order valence-corrected chi connectivity index (χ3v) is 1.52. The van der Waals surface area contributed by atoms with Gasteiger partial charge in [0.1, 0.15) is 0 Å². The van der Waals surface area contributed by atoms with Crippen molar-refractivity contribution >= 4 is 10.8 Å². The Morgan fingerprint density at radius 1 is 1.18 bits per heavy atom. The smallest absolute Gasteiger partial charge is 0.222 e. The van der Waals surface area contributed by atoms with E-state index in [2.05, 4.69) is 9.97 Å². The molecule has 0 radical (unpaired) electrons. The molecule has 0 atom stereocenters. The molecule has 0 saturated heterocycles. The molecule has 0 spiro atoms. The molecule has 0 aromatic carbocycles. The number of rotatable bonds is 0. The molecular formula is C8H5FN2. The van der Waals surface area contributed by atoms with Gasteiger partial charge in [-0.05, 0) is 17.5 Å².